The lowest BCUT2D eigenvalue weighted by Gasteiger charge is -2.27. The molecule has 1 aromatic rings. The first-order chi connectivity index (χ1) is 10.7. The van der Waals surface area contributed by atoms with E-state index in [0.29, 0.717) is 19.1 Å². The summed E-state index contributed by atoms with van der Waals surface area (Å²) in [5, 5.41) is 0. The molecule has 4 nitrogen and oxygen atoms in total. The summed E-state index contributed by atoms with van der Waals surface area (Å²) in [7, 11) is 0. The monoisotopic (exact) mass is 302 g/mol. The summed E-state index contributed by atoms with van der Waals surface area (Å²) in [6, 6.07) is 10.1. The molecule has 1 aliphatic rings. The molecule has 0 radical (unpaired) electrons. The van der Waals surface area contributed by atoms with E-state index in [0.717, 1.165) is 23.8 Å². The highest BCUT2D eigenvalue weighted by Gasteiger charge is 2.30. The molecule has 0 saturated heterocycles. The van der Waals surface area contributed by atoms with E-state index in [9.17, 15) is 0 Å². The standard InChI is InChI=1S/C18H26N2O2/c1-5-15-17(22-12-14-10-8-7-9-11-14)20-16(13(3)4)18(19-15)21-6-2/h7-11,13,15-16H,5-6,12H2,1-4H3/t15-,16+/m1/s1. The van der Waals surface area contributed by atoms with Crippen molar-refractivity contribution in [2.75, 3.05) is 6.61 Å². The van der Waals surface area contributed by atoms with Crippen LogP contribution in [0.2, 0.25) is 0 Å². The summed E-state index contributed by atoms with van der Waals surface area (Å²) in [6.07, 6.45) is 0.856. The smallest absolute Gasteiger partial charge is 0.210 e. The van der Waals surface area contributed by atoms with Crippen molar-refractivity contribution in [3.63, 3.8) is 0 Å². The number of aliphatic imine (C=N–C) groups is 2. The molecule has 0 amide bonds. The molecule has 0 N–H and O–H groups in total. The predicted octanol–water partition coefficient (Wildman–Crippen LogP) is 3.85. The van der Waals surface area contributed by atoms with Gasteiger partial charge >= 0.3 is 0 Å². The normalized spacial score (nSPS) is 21.3. The fourth-order valence-corrected chi connectivity index (χ4v) is 2.40. The maximum Gasteiger partial charge on any atom is 0.210 e. The van der Waals surface area contributed by atoms with Crippen LogP contribution >= 0.6 is 0 Å². The van der Waals surface area contributed by atoms with Crippen molar-refractivity contribution in [2.45, 2.75) is 52.8 Å². The quantitative estimate of drug-likeness (QED) is 0.829. The van der Waals surface area contributed by atoms with Gasteiger partial charge in [0.15, 0.2) is 0 Å². The van der Waals surface area contributed by atoms with Gasteiger partial charge in [0.05, 0.1) is 6.61 Å². The lowest BCUT2D eigenvalue weighted by molar-refractivity contribution is 0.258. The number of rotatable bonds is 5. The summed E-state index contributed by atoms with van der Waals surface area (Å²) >= 11 is 0. The molecule has 120 valence electrons. The molecule has 0 bridgehead atoms. The van der Waals surface area contributed by atoms with Crippen molar-refractivity contribution in [2.24, 2.45) is 15.9 Å². The lowest BCUT2D eigenvalue weighted by atomic mass is 10.0. The second kappa shape index (κ2) is 7.97. The van der Waals surface area contributed by atoms with Crippen LogP contribution in [0.3, 0.4) is 0 Å². The van der Waals surface area contributed by atoms with Gasteiger partial charge < -0.3 is 9.47 Å². The molecular formula is C18H26N2O2. The van der Waals surface area contributed by atoms with Gasteiger partial charge in [-0.1, -0.05) is 51.1 Å². The minimum absolute atomic E-state index is 0.0414. The van der Waals surface area contributed by atoms with Gasteiger partial charge in [0.1, 0.15) is 18.7 Å². The number of nitrogens with zero attached hydrogens (tertiary/aromatic N) is 2. The van der Waals surface area contributed by atoms with Gasteiger partial charge in [0, 0.05) is 0 Å². The Labute approximate surface area is 133 Å². The van der Waals surface area contributed by atoms with Crippen LogP contribution in [0, 0.1) is 5.92 Å². The second-order valence-corrected chi connectivity index (χ2v) is 5.75. The van der Waals surface area contributed by atoms with Crippen LogP contribution in [-0.2, 0) is 16.1 Å². The minimum atomic E-state index is -0.0477. The van der Waals surface area contributed by atoms with Crippen LogP contribution in [0.5, 0.6) is 0 Å². The maximum absolute atomic E-state index is 5.97. The van der Waals surface area contributed by atoms with Gasteiger partial charge in [-0.3, -0.25) is 0 Å². The van der Waals surface area contributed by atoms with E-state index in [2.05, 4.69) is 32.9 Å². The summed E-state index contributed by atoms with van der Waals surface area (Å²) in [4.78, 5) is 9.51. The van der Waals surface area contributed by atoms with Crippen molar-refractivity contribution < 1.29 is 9.47 Å². The van der Waals surface area contributed by atoms with Crippen LogP contribution in [-0.4, -0.2) is 30.5 Å². The van der Waals surface area contributed by atoms with Gasteiger partial charge in [-0.05, 0) is 24.8 Å². The molecule has 0 spiro atoms. The highest BCUT2D eigenvalue weighted by atomic mass is 16.5. The van der Waals surface area contributed by atoms with Crippen molar-refractivity contribution >= 4 is 11.8 Å². The van der Waals surface area contributed by atoms with E-state index in [4.69, 9.17) is 19.5 Å². The minimum Gasteiger partial charge on any atom is -0.480 e. The van der Waals surface area contributed by atoms with E-state index in [1.165, 1.54) is 0 Å². The Balaban J connectivity index is 2.12. The number of benzene rings is 1. The molecule has 0 unspecified atom stereocenters. The van der Waals surface area contributed by atoms with E-state index in [1.807, 2.05) is 25.1 Å². The van der Waals surface area contributed by atoms with Crippen molar-refractivity contribution in [1.29, 1.82) is 0 Å². The molecular weight excluding hydrogens is 276 g/mol. The molecule has 1 aliphatic heterocycles. The Morgan fingerprint density at radius 1 is 1.00 bits per heavy atom. The highest BCUT2D eigenvalue weighted by molar-refractivity contribution is 5.94. The predicted molar refractivity (Wildman–Crippen MR) is 90.4 cm³/mol. The number of ether oxygens (including phenoxy) is 2. The molecule has 2 rings (SSSR count). The second-order valence-electron chi connectivity index (χ2n) is 5.75. The molecule has 1 heterocycles. The average Bonchev–Trinajstić information content (AvgIpc) is 2.54. The third kappa shape index (κ3) is 4.09. The third-order valence-electron chi connectivity index (χ3n) is 3.63. The Morgan fingerprint density at radius 2 is 1.73 bits per heavy atom. The molecule has 4 heteroatoms. The van der Waals surface area contributed by atoms with Crippen molar-refractivity contribution in [1.82, 2.24) is 0 Å². The fourth-order valence-electron chi connectivity index (χ4n) is 2.40. The van der Waals surface area contributed by atoms with E-state index >= 15 is 0 Å². The molecule has 0 fully saturated rings. The SMILES string of the molecule is CCOC1=N[C@H](CC)C(OCc2ccccc2)=N[C@H]1C(C)C. The average molecular weight is 302 g/mol. The van der Waals surface area contributed by atoms with Gasteiger partial charge in [0.2, 0.25) is 11.8 Å². The highest BCUT2D eigenvalue weighted by Crippen LogP contribution is 2.20. The topological polar surface area (TPSA) is 43.2 Å². The summed E-state index contributed by atoms with van der Waals surface area (Å²) in [5.74, 6) is 1.81. The zero-order valence-electron chi connectivity index (χ0n) is 14.0. The van der Waals surface area contributed by atoms with Gasteiger partial charge in [-0.25, -0.2) is 9.98 Å². The largest absolute Gasteiger partial charge is 0.480 e. The van der Waals surface area contributed by atoms with Gasteiger partial charge in [0.25, 0.3) is 0 Å². The van der Waals surface area contributed by atoms with Crippen molar-refractivity contribution in [3.8, 4) is 0 Å². The van der Waals surface area contributed by atoms with Crippen LogP contribution in [0.1, 0.15) is 39.7 Å². The molecule has 1 aromatic carbocycles. The first-order valence-electron chi connectivity index (χ1n) is 8.10. The molecule has 0 aromatic heterocycles. The van der Waals surface area contributed by atoms with Crippen LogP contribution in [0.4, 0.5) is 0 Å². The molecule has 0 aliphatic carbocycles. The Kier molecular flexibility index (Phi) is 5.99. The van der Waals surface area contributed by atoms with Crippen LogP contribution in [0.15, 0.2) is 40.3 Å². The Morgan fingerprint density at radius 3 is 2.32 bits per heavy atom. The first kappa shape index (κ1) is 16.5. The number of hydrogen-bond donors (Lipinski definition) is 0. The van der Waals surface area contributed by atoms with Crippen molar-refractivity contribution in [3.05, 3.63) is 35.9 Å². The molecule has 22 heavy (non-hydrogen) atoms. The fraction of sp³-hybridized carbons (Fsp3) is 0.556. The van der Waals surface area contributed by atoms with Gasteiger partial charge in [-0.2, -0.15) is 0 Å². The summed E-state index contributed by atoms with van der Waals surface area (Å²) in [5.41, 5.74) is 1.14. The molecule has 2 atom stereocenters. The first-order valence-corrected chi connectivity index (χ1v) is 8.10. The van der Waals surface area contributed by atoms with Crippen LogP contribution < -0.4 is 0 Å². The number of hydrogen-bond acceptors (Lipinski definition) is 4. The Hall–Kier alpha value is -1.84. The molecule has 0 saturated carbocycles. The summed E-state index contributed by atoms with van der Waals surface area (Å²) < 4.78 is 11.7. The maximum atomic E-state index is 5.97. The van der Waals surface area contributed by atoms with E-state index in [1.54, 1.807) is 0 Å². The summed E-state index contributed by atoms with van der Waals surface area (Å²) in [6.45, 7) is 9.48. The Bertz CT molecular complexity index is 523. The third-order valence-corrected chi connectivity index (χ3v) is 3.63. The van der Waals surface area contributed by atoms with Crippen LogP contribution in [0.25, 0.3) is 0 Å². The zero-order chi connectivity index (χ0) is 15.9. The zero-order valence-corrected chi connectivity index (χ0v) is 14.0. The lowest BCUT2D eigenvalue weighted by Crippen LogP contribution is -2.38. The van der Waals surface area contributed by atoms with Gasteiger partial charge in [-0.15, -0.1) is 0 Å². The van der Waals surface area contributed by atoms with E-state index in [-0.39, 0.29) is 12.1 Å². The van der Waals surface area contributed by atoms with E-state index < -0.39 is 0 Å².